The van der Waals surface area contributed by atoms with Crippen LogP contribution in [0.25, 0.3) is 0 Å². The van der Waals surface area contributed by atoms with Crippen LogP contribution in [0.3, 0.4) is 0 Å². The van der Waals surface area contributed by atoms with Gasteiger partial charge >= 0.3 is 0 Å². The second-order valence-corrected chi connectivity index (χ2v) is 6.29. The fourth-order valence-electron chi connectivity index (χ4n) is 2.82. The van der Waals surface area contributed by atoms with Crippen LogP contribution in [-0.4, -0.2) is 21.6 Å². The smallest absolute Gasteiger partial charge is 0.250 e. The Morgan fingerprint density at radius 2 is 1.82 bits per heavy atom. The Bertz CT molecular complexity index is 529. The van der Waals surface area contributed by atoms with E-state index >= 15 is 0 Å². The van der Waals surface area contributed by atoms with Gasteiger partial charge in [0, 0.05) is 19.0 Å². The topological polar surface area (TPSA) is 40.5 Å². The van der Waals surface area contributed by atoms with Crippen molar-refractivity contribution >= 4 is 17.5 Å². The number of hydrogen-bond acceptors (Lipinski definition) is 2. The first-order chi connectivity index (χ1) is 10.6. The number of hydrogen-bond donors (Lipinski definition) is 1. The van der Waals surface area contributed by atoms with Gasteiger partial charge in [-0.3, -0.25) is 4.79 Å². The fourth-order valence-corrected chi connectivity index (χ4v) is 3.11. The summed E-state index contributed by atoms with van der Waals surface area (Å²) in [6, 6.07) is 9.67. The third-order valence-electron chi connectivity index (χ3n) is 4.16. The van der Waals surface area contributed by atoms with Crippen molar-refractivity contribution in [3.05, 3.63) is 47.0 Å². The average Bonchev–Trinajstić information content (AvgIpc) is 2.72. The third kappa shape index (κ3) is 3.90. The zero-order valence-corrected chi connectivity index (χ0v) is 13.9. The maximum Gasteiger partial charge on any atom is 0.250 e. The molecule has 1 amide bonds. The molecule has 2 rings (SSSR count). The van der Waals surface area contributed by atoms with Crippen LogP contribution < -0.4 is 0 Å². The van der Waals surface area contributed by atoms with Crippen LogP contribution in [0.5, 0.6) is 0 Å². The molecule has 1 aromatic rings. The van der Waals surface area contributed by atoms with Crippen molar-refractivity contribution < 1.29 is 9.90 Å². The molecule has 3 nitrogen and oxygen atoms in total. The molecule has 1 heterocycles. The minimum atomic E-state index is -1.35. The highest BCUT2D eigenvalue weighted by molar-refractivity contribution is 6.33. The van der Waals surface area contributed by atoms with Crippen LogP contribution in [-0.2, 0) is 11.3 Å². The van der Waals surface area contributed by atoms with Crippen molar-refractivity contribution in [3.63, 3.8) is 0 Å². The van der Waals surface area contributed by atoms with Crippen LogP contribution >= 0.6 is 11.6 Å². The van der Waals surface area contributed by atoms with Gasteiger partial charge in [0.05, 0.1) is 5.03 Å². The van der Waals surface area contributed by atoms with Gasteiger partial charge in [-0.25, -0.2) is 0 Å². The fraction of sp³-hybridized carbons (Fsp3) is 0.500. The molecule has 4 heteroatoms. The Morgan fingerprint density at radius 3 is 2.50 bits per heavy atom. The van der Waals surface area contributed by atoms with Gasteiger partial charge in [0.2, 0.25) is 0 Å². The highest BCUT2D eigenvalue weighted by atomic mass is 35.5. The van der Waals surface area contributed by atoms with Crippen LogP contribution in [0, 0.1) is 0 Å². The van der Waals surface area contributed by atoms with Gasteiger partial charge in [-0.05, 0) is 12.0 Å². The van der Waals surface area contributed by atoms with Gasteiger partial charge in [0.1, 0.15) is 0 Å². The number of rotatable bonds is 8. The largest absolute Gasteiger partial charge is 0.366 e. The van der Waals surface area contributed by atoms with E-state index in [-0.39, 0.29) is 10.9 Å². The van der Waals surface area contributed by atoms with Crippen LogP contribution in [0.1, 0.15) is 51.0 Å². The van der Waals surface area contributed by atoms with E-state index in [4.69, 9.17) is 11.6 Å². The lowest BCUT2D eigenvalue weighted by Gasteiger charge is -2.35. The maximum absolute atomic E-state index is 12.1. The Balaban J connectivity index is 2.01. The highest BCUT2D eigenvalue weighted by Crippen LogP contribution is 2.37. The first-order valence-electron chi connectivity index (χ1n) is 8.03. The number of benzene rings is 1. The zero-order valence-electron chi connectivity index (χ0n) is 13.1. The summed E-state index contributed by atoms with van der Waals surface area (Å²) in [7, 11) is 0. The van der Waals surface area contributed by atoms with Crippen molar-refractivity contribution in [3.8, 4) is 0 Å². The molecule has 1 aliphatic rings. The van der Waals surface area contributed by atoms with Crippen molar-refractivity contribution in [2.75, 3.05) is 0 Å². The summed E-state index contributed by atoms with van der Waals surface area (Å²) < 4.78 is 0. The molecular weight excluding hydrogens is 298 g/mol. The predicted molar refractivity (Wildman–Crippen MR) is 89.3 cm³/mol. The van der Waals surface area contributed by atoms with Gasteiger partial charge in [-0.1, -0.05) is 74.5 Å². The van der Waals surface area contributed by atoms with E-state index in [1.54, 1.807) is 0 Å². The molecule has 1 aromatic carbocycles. The number of carbonyl (C=O) groups excluding carboxylic acids is 1. The molecule has 0 saturated carbocycles. The highest BCUT2D eigenvalue weighted by Gasteiger charge is 2.44. The zero-order chi connectivity index (χ0) is 16.0. The number of unbranched alkanes of at least 4 members (excludes halogenated alkanes) is 4. The summed E-state index contributed by atoms with van der Waals surface area (Å²) in [5, 5.41) is 11.2. The SMILES string of the molecule is CCCCCCCC1(O)C(Cl)=CC(=O)N1Cc1ccccc1. The van der Waals surface area contributed by atoms with E-state index in [0.29, 0.717) is 13.0 Å². The number of halogens is 1. The average molecular weight is 322 g/mol. The monoisotopic (exact) mass is 321 g/mol. The maximum atomic E-state index is 12.1. The molecule has 1 atom stereocenters. The van der Waals surface area contributed by atoms with E-state index in [2.05, 4.69) is 6.92 Å². The lowest BCUT2D eigenvalue weighted by Crippen LogP contribution is -2.47. The Morgan fingerprint density at radius 1 is 1.14 bits per heavy atom. The molecule has 0 fully saturated rings. The van der Waals surface area contributed by atoms with Crippen LogP contribution in [0.15, 0.2) is 41.4 Å². The third-order valence-corrected chi connectivity index (χ3v) is 4.57. The quantitative estimate of drug-likeness (QED) is 0.729. The number of amides is 1. The van der Waals surface area contributed by atoms with E-state index in [9.17, 15) is 9.90 Å². The normalized spacial score (nSPS) is 21.3. The van der Waals surface area contributed by atoms with Gasteiger partial charge in [0.15, 0.2) is 5.72 Å². The summed E-state index contributed by atoms with van der Waals surface area (Å²) >= 11 is 6.16. The minimum absolute atomic E-state index is 0.218. The molecule has 1 N–H and O–H groups in total. The van der Waals surface area contributed by atoms with Gasteiger partial charge < -0.3 is 10.0 Å². The Labute approximate surface area is 137 Å². The molecule has 120 valence electrons. The van der Waals surface area contributed by atoms with Crippen molar-refractivity contribution in [1.29, 1.82) is 0 Å². The molecule has 22 heavy (non-hydrogen) atoms. The lowest BCUT2D eigenvalue weighted by atomic mass is 10.0. The summed E-state index contributed by atoms with van der Waals surface area (Å²) in [5.74, 6) is -0.218. The predicted octanol–water partition coefficient (Wildman–Crippen LogP) is 4.20. The number of aliphatic hydroxyl groups is 1. The lowest BCUT2D eigenvalue weighted by molar-refractivity contribution is -0.144. The minimum Gasteiger partial charge on any atom is -0.366 e. The van der Waals surface area contributed by atoms with Crippen molar-refractivity contribution in [1.82, 2.24) is 4.90 Å². The molecule has 0 saturated heterocycles. The van der Waals surface area contributed by atoms with E-state index in [0.717, 1.165) is 24.8 Å². The first kappa shape index (κ1) is 17.0. The second kappa shape index (κ2) is 7.80. The Hall–Kier alpha value is -1.32. The molecule has 1 aliphatic heterocycles. The van der Waals surface area contributed by atoms with Gasteiger partial charge in [-0.2, -0.15) is 0 Å². The molecule has 0 aliphatic carbocycles. The molecule has 1 unspecified atom stereocenters. The van der Waals surface area contributed by atoms with E-state index in [1.165, 1.54) is 23.8 Å². The number of carbonyl (C=O) groups is 1. The second-order valence-electron chi connectivity index (χ2n) is 5.88. The van der Waals surface area contributed by atoms with Crippen molar-refractivity contribution in [2.24, 2.45) is 0 Å². The van der Waals surface area contributed by atoms with Gasteiger partial charge in [-0.15, -0.1) is 0 Å². The molecule has 0 spiro atoms. The summed E-state index contributed by atoms with van der Waals surface area (Å²) in [5.41, 5.74) is -0.360. The molecule has 0 bridgehead atoms. The molecule has 0 radical (unpaired) electrons. The van der Waals surface area contributed by atoms with E-state index in [1.807, 2.05) is 30.3 Å². The van der Waals surface area contributed by atoms with Crippen LogP contribution in [0.4, 0.5) is 0 Å². The summed E-state index contributed by atoms with van der Waals surface area (Å²) in [6.07, 6.45) is 7.28. The van der Waals surface area contributed by atoms with E-state index < -0.39 is 5.72 Å². The van der Waals surface area contributed by atoms with Crippen LogP contribution in [0.2, 0.25) is 0 Å². The first-order valence-corrected chi connectivity index (χ1v) is 8.41. The standard InChI is InChI=1S/C18H24ClNO2/c1-2-3-4-5-9-12-18(22)16(19)13-17(21)20(18)14-15-10-7-6-8-11-15/h6-8,10-11,13,22H,2-5,9,12,14H2,1H3. The summed E-state index contributed by atoms with van der Waals surface area (Å²) in [6.45, 7) is 2.54. The van der Waals surface area contributed by atoms with Gasteiger partial charge in [0.25, 0.3) is 5.91 Å². The molecular formula is C18H24ClNO2. The van der Waals surface area contributed by atoms with Crippen molar-refractivity contribution in [2.45, 2.75) is 57.7 Å². The molecule has 0 aromatic heterocycles. The number of nitrogens with zero attached hydrogens (tertiary/aromatic N) is 1. The summed E-state index contributed by atoms with van der Waals surface area (Å²) in [4.78, 5) is 13.6. The Kier molecular flexibility index (Phi) is 6.04.